The molecule has 0 bridgehead atoms. The monoisotopic (exact) mass is 228 g/mol. The Labute approximate surface area is 90.0 Å². The van der Waals surface area contributed by atoms with E-state index in [9.17, 15) is 9.59 Å². The molecule has 0 saturated carbocycles. The van der Waals surface area contributed by atoms with Crippen molar-refractivity contribution in [2.24, 2.45) is 0 Å². The van der Waals surface area contributed by atoms with Crippen LogP contribution in [0.5, 0.6) is 0 Å². The number of carbonyl (C=O) groups excluding carboxylic acids is 2. The van der Waals surface area contributed by atoms with Crippen LogP contribution in [0.25, 0.3) is 0 Å². The third-order valence-corrected chi connectivity index (χ3v) is 4.49. The van der Waals surface area contributed by atoms with Gasteiger partial charge in [-0.2, -0.15) is 0 Å². The largest absolute Gasteiger partial charge is 0.492 e. The fourth-order valence-electron chi connectivity index (χ4n) is 1.28. The lowest BCUT2D eigenvalue weighted by atomic mass is 10.1. The molecule has 0 unspecified atom stereocenters. The van der Waals surface area contributed by atoms with Crippen molar-refractivity contribution in [2.45, 2.75) is 0 Å². The van der Waals surface area contributed by atoms with Crippen LogP contribution < -0.4 is 0 Å². The van der Waals surface area contributed by atoms with Crippen LogP contribution in [0.1, 0.15) is 0 Å². The number of thioether (sulfide) groups is 2. The fraction of sp³-hybridized carbons (Fsp3) is 0.333. The summed E-state index contributed by atoms with van der Waals surface area (Å²) in [6.45, 7) is 0. The zero-order chi connectivity index (χ0) is 10.1. The molecule has 0 spiro atoms. The van der Waals surface area contributed by atoms with E-state index in [4.69, 9.17) is 4.74 Å². The summed E-state index contributed by atoms with van der Waals surface area (Å²) in [4.78, 5) is 24.4. The molecule has 0 saturated heterocycles. The van der Waals surface area contributed by atoms with Gasteiger partial charge in [0.2, 0.25) is 5.78 Å². The Morgan fingerprint density at radius 1 is 1.21 bits per heavy atom. The third-order valence-electron chi connectivity index (χ3n) is 1.92. The van der Waals surface area contributed by atoms with E-state index >= 15 is 0 Å². The van der Waals surface area contributed by atoms with Crippen molar-refractivity contribution < 1.29 is 14.3 Å². The quantitative estimate of drug-likeness (QED) is 0.634. The van der Waals surface area contributed by atoms with Gasteiger partial charge < -0.3 is 4.74 Å². The summed E-state index contributed by atoms with van der Waals surface area (Å²) in [7, 11) is 1.41. The Balaban J connectivity index is 2.41. The van der Waals surface area contributed by atoms with Gasteiger partial charge in [0.05, 0.1) is 16.9 Å². The fourth-order valence-corrected chi connectivity index (χ4v) is 3.60. The number of ether oxygens (including phenoxy) is 1. The van der Waals surface area contributed by atoms with E-state index in [1.54, 1.807) is 0 Å². The number of Topliss-reactive ketones (excluding diaryl/α,β-unsaturated/α-hetero) is 1. The number of hydrogen-bond donors (Lipinski definition) is 0. The highest BCUT2D eigenvalue weighted by Crippen LogP contribution is 2.39. The molecule has 74 valence electrons. The minimum absolute atomic E-state index is 0.103. The third kappa shape index (κ3) is 1.50. The highest BCUT2D eigenvalue weighted by molar-refractivity contribution is 8.11. The Kier molecular flexibility index (Phi) is 2.69. The first kappa shape index (κ1) is 9.86. The number of rotatable bonds is 1. The first-order valence-corrected chi connectivity index (χ1v) is 6.05. The zero-order valence-electron chi connectivity index (χ0n) is 7.53. The molecule has 0 aromatic heterocycles. The predicted molar refractivity (Wildman–Crippen MR) is 57.0 cm³/mol. The molecule has 3 nitrogen and oxygen atoms in total. The van der Waals surface area contributed by atoms with Crippen LogP contribution in [-0.2, 0) is 14.3 Å². The van der Waals surface area contributed by atoms with Gasteiger partial charge in [-0.05, 0) is 0 Å². The van der Waals surface area contributed by atoms with Crippen LogP contribution in [0, 0.1) is 0 Å². The van der Waals surface area contributed by atoms with Crippen LogP contribution in [0.2, 0.25) is 0 Å². The number of ketones is 2. The number of hydrogen-bond acceptors (Lipinski definition) is 5. The molecule has 0 aromatic rings. The summed E-state index contributed by atoms with van der Waals surface area (Å²) >= 11 is 2.91. The summed E-state index contributed by atoms with van der Waals surface area (Å²) in [5.74, 6) is 1.66. The molecule has 1 aliphatic heterocycles. The molecule has 0 N–H and O–H groups in total. The topological polar surface area (TPSA) is 43.4 Å². The minimum atomic E-state index is -0.153. The van der Waals surface area contributed by atoms with Crippen molar-refractivity contribution in [3.63, 3.8) is 0 Å². The molecule has 0 atom stereocenters. The van der Waals surface area contributed by atoms with Crippen LogP contribution in [0.4, 0.5) is 0 Å². The van der Waals surface area contributed by atoms with Crippen LogP contribution in [0.3, 0.4) is 0 Å². The lowest BCUT2D eigenvalue weighted by molar-refractivity contribution is -0.117. The maximum Gasteiger partial charge on any atom is 0.235 e. The number of allylic oxidation sites excluding steroid dienone is 3. The highest BCUT2D eigenvalue weighted by atomic mass is 32.2. The van der Waals surface area contributed by atoms with Crippen molar-refractivity contribution >= 4 is 35.1 Å². The Morgan fingerprint density at radius 2 is 1.86 bits per heavy atom. The molecule has 14 heavy (non-hydrogen) atoms. The first-order valence-electron chi connectivity index (χ1n) is 4.08. The first-order chi connectivity index (χ1) is 6.74. The van der Waals surface area contributed by atoms with E-state index in [0.29, 0.717) is 9.81 Å². The molecular weight excluding hydrogens is 220 g/mol. The van der Waals surface area contributed by atoms with E-state index in [2.05, 4.69) is 0 Å². The van der Waals surface area contributed by atoms with Gasteiger partial charge in [0, 0.05) is 17.6 Å². The average Bonchev–Trinajstić information content (AvgIpc) is 2.23. The average molecular weight is 228 g/mol. The molecule has 1 aliphatic carbocycles. The lowest BCUT2D eigenvalue weighted by Gasteiger charge is -2.20. The van der Waals surface area contributed by atoms with Gasteiger partial charge in [-0.3, -0.25) is 9.59 Å². The van der Waals surface area contributed by atoms with E-state index in [0.717, 1.165) is 11.5 Å². The molecule has 0 amide bonds. The van der Waals surface area contributed by atoms with Crippen LogP contribution >= 0.6 is 23.5 Å². The summed E-state index contributed by atoms with van der Waals surface area (Å²) < 4.78 is 4.86. The molecule has 0 fully saturated rings. The number of methoxy groups -OCH3 is 1. The summed E-state index contributed by atoms with van der Waals surface area (Å²) in [5, 5.41) is 0. The number of carbonyl (C=O) groups is 2. The Bertz CT molecular complexity index is 368. The molecule has 5 heteroatoms. The molecule has 0 radical (unpaired) electrons. The van der Waals surface area contributed by atoms with Crippen LogP contribution in [0.15, 0.2) is 21.6 Å². The molecule has 2 rings (SSSR count). The predicted octanol–water partition coefficient (Wildman–Crippen LogP) is 1.36. The maximum atomic E-state index is 11.7. The van der Waals surface area contributed by atoms with E-state index in [-0.39, 0.29) is 17.3 Å². The van der Waals surface area contributed by atoms with E-state index in [1.165, 1.54) is 36.7 Å². The van der Waals surface area contributed by atoms with Crippen molar-refractivity contribution in [2.75, 3.05) is 18.6 Å². The van der Waals surface area contributed by atoms with Gasteiger partial charge >= 0.3 is 0 Å². The smallest absolute Gasteiger partial charge is 0.235 e. The van der Waals surface area contributed by atoms with Gasteiger partial charge in [0.1, 0.15) is 0 Å². The summed E-state index contributed by atoms with van der Waals surface area (Å²) in [6.07, 6.45) is 1.28. The second-order valence-electron chi connectivity index (χ2n) is 2.76. The van der Waals surface area contributed by atoms with Gasteiger partial charge in [-0.1, -0.05) is 0 Å². The van der Waals surface area contributed by atoms with E-state index < -0.39 is 0 Å². The SMILES string of the molecule is COC1=CC(=O)C2=C(SCCS2)C1=O. The van der Waals surface area contributed by atoms with Crippen LogP contribution in [-0.4, -0.2) is 30.2 Å². The highest BCUT2D eigenvalue weighted by Gasteiger charge is 2.31. The second-order valence-corrected chi connectivity index (χ2v) is 4.97. The van der Waals surface area contributed by atoms with Gasteiger partial charge in [-0.15, -0.1) is 23.5 Å². The standard InChI is InChI=1S/C9H8O3S2/c1-12-6-4-5(10)8-9(7(6)11)14-3-2-13-8/h4H,2-3H2,1H3. The normalized spacial score (nSPS) is 21.9. The molecule has 1 heterocycles. The van der Waals surface area contributed by atoms with Crippen molar-refractivity contribution in [1.29, 1.82) is 0 Å². The van der Waals surface area contributed by atoms with Crippen molar-refractivity contribution in [1.82, 2.24) is 0 Å². The van der Waals surface area contributed by atoms with Gasteiger partial charge in [0.15, 0.2) is 11.5 Å². The van der Waals surface area contributed by atoms with E-state index in [1.807, 2.05) is 0 Å². The molecule has 2 aliphatic rings. The second kappa shape index (κ2) is 3.82. The molecular formula is C9H8O3S2. The summed E-state index contributed by atoms with van der Waals surface area (Å²) in [6, 6.07) is 0. The zero-order valence-corrected chi connectivity index (χ0v) is 9.17. The lowest BCUT2D eigenvalue weighted by Crippen LogP contribution is -2.20. The Hall–Kier alpha value is -0.680. The summed E-state index contributed by atoms with van der Waals surface area (Å²) in [5.41, 5.74) is 0. The van der Waals surface area contributed by atoms with Gasteiger partial charge in [-0.25, -0.2) is 0 Å². The van der Waals surface area contributed by atoms with Crippen molar-refractivity contribution in [3.05, 3.63) is 21.6 Å². The minimum Gasteiger partial charge on any atom is -0.492 e. The van der Waals surface area contributed by atoms with Crippen molar-refractivity contribution in [3.8, 4) is 0 Å². The Morgan fingerprint density at radius 3 is 2.50 bits per heavy atom. The molecule has 0 aromatic carbocycles. The van der Waals surface area contributed by atoms with Gasteiger partial charge in [0.25, 0.3) is 0 Å². The maximum absolute atomic E-state index is 11.7.